The van der Waals surface area contributed by atoms with Crippen LogP contribution < -0.4 is 10.9 Å². The number of aliphatic hydroxyl groups is 1. The van der Waals surface area contributed by atoms with Gasteiger partial charge in [-0.25, -0.2) is 116 Å². The van der Waals surface area contributed by atoms with Gasteiger partial charge >= 0.3 is 35.8 Å². The number of hydrogen-bond acceptors (Lipinski definition) is 23. The van der Waals surface area contributed by atoms with Crippen molar-refractivity contribution in [1.82, 2.24) is 44.0 Å². The number of ketones is 1. The summed E-state index contributed by atoms with van der Waals surface area (Å²) >= 11 is 70.8. The van der Waals surface area contributed by atoms with Crippen LogP contribution in [0.15, 0.2) is 130 Å². The predicted molar refractivity (Wildman–Crippen MR) is 458 cm³/mol. The first-order valence-electron chi connectivity index (χ1n) is 35.0. The summed E-state index contributed by atoms with van der Waals surface area (Å²) in [5, 5.41) is 21.7. The molecule has 0 aliphatic heterocycles. The number of carboxylic acids is 2. The first kappa shape index (κ1) is 109. The smallest absolute Gasteiger partial charge is 0.343 e. The molecule has 0 aliphatic rings. The molecular weight excluding hydrogens is 2070 g/mol. The number of benzene rings is 3. The number of nitrogens with zero attached hydrogens (tertiary/aromatic N) is 10. The Balaban J connectivity index is 0.000000242. The molecule has 0 saturated carbocycles. The minimum atomic E-state index is -1.59. The Hall–Kier alpha value is -11.6. The Morgan fingerprint density at radius 3 is 1.09 bits per heavy atom. The number of fused-ring (bicyclic) bond motifs is 2. The number of aromatic nitrogens is 9. The lowest BCUT2D eigenvalue weighted by molar-refractivity contribution is -0.142. The number of aliphatic hydroxyl groups excluding tert-OH is 1. The molecule has 0 aliphatic carbocycles. The van der Waals surface area contributed by atoms with Gasteiger partial charge in [0.15, 0.2) is 99.7 Å². The predicted octanol–water partition coefficient (Wildman–Crippen LogP) is 22.3. The van der Waals surface area contributed by atoms with Crippen LogP contribution in [0.4, 0.5) is 62.8 Å². The van der Waals surface area contributed by atoms with Crippen molar-refractivity contribution >= 4 is 237 Å². The highest BCUT2D eigenvalue weighted by Crippen LogP contribution is 2.32. The first-order valence-corrected chi connectivity index (χ1v) is 39.9. The number of rotatable bonds is 18. The summed E-state index contributed by atoms with van der Waals surface area (Å²) in [6.07, 6.45) is 2.09. The third-order valence-electron chi connectivity index (χ3n) is 15.4. The highest BCUT2D eigenvalue weighted by atomic mass is 35.5. The van der Waals surface area contributed by atoms with Crippen LogP contribution >= 0.6 is 151 Å². The van der Waals surface area contributed by atoms with Crippen LogP contribution in [0.5, 0.6) is 0 Å². The van der Waals surface area contributed by atoms with Crippen LogP contribution in [0.1, 0.15) is 102 Å². The van der Waals surface area contributed by atoms with E-state index in [0.717, 1.165) is 107 Å². The summed E-state index contributed by atoms with van der Waals surface area (Å²) in [5.74, 6) is -19.8. The number of aliphatic imine (C=N–C) groups is 1. The van der Waals surface area contributed by atoms with Crippen LogP contribution in [0, 0.1) is 75.6 Å². The number of ether oxygens (including phenoxy) is 4. The second kappa shape index (κ2) is 49.7. The van der Waals surface area contributed by atoms with Crippen molar-refractivity contribution in [1.29, 1.82) is 0 Å². The highest BCUT2D eigenvalue weighted by molar-refractivity contribution is 6.68. The summed E-state index contributed by atoms with van der Waals surface area (Å²) in [4.78, 5) is 143. The number of carbonyl (C=O) groups is 8. The van der Waals surface area contributed by atoms with Crippen LogP contribution in [0.25, 0.3) is 39.2 Å². The quantitative estimate of drug-likeness (QED) is 0.00686. The summed E-state index contributed by atoms with van der Waals surface area (Å²) in [6, 6.07) is 13.4. The first-order chi connectivity index (χ1) is 61.9. The lowest BCUT2D eigenvalue weighted by atomic mass is 10.1. The molecule has 0 unspecified atom stereocenters. The second-order valence-corrected chi connectivity index (χ2v) is 28.6. The number of pyridine rings is 9. The lowest BCUT2D eigenvalue weighted by Crippen LogP contribution is -2.21. The molecule has 3 aromatic carbocycles. The average molecular weight is 2110 g/mol. The maximum atomic E-state index is 14.2. The molecular formula is C79H44Cl13F13N10O17. The van der Waals surface area contributed by atoms with E-state index in [4.69, 9.17) is 170 Å². The minimum Gasteiger partial charge on any atom is -0.506 e. The van der Waals surface area contributed by atoms with Gasteiger partial charge < -0.3 is 34.3 Å². The van der Waals surface area contributed by atoms with E-state index in [1.165, 1.54) is 13.8 Å². The number of hydrogen-bond donors (Lipinski definition) is 3. The summed E-state index contributed by atoms with van der Waals surface area (Å²) in [6.45, 7) is 6.58. The monoisotopic (exact) mass is 2110 g/mol. The number of halogens is 26. The molecule has 0 fully saturated rings. The van der Waals surface area contributed by atoms with Crippen molar-refractivity contribution in [2.24, 2.45) is 4.99 Å². The molecule has 12 rings (SSSR count). The van der Waals surface area contributed by atoms with Gasteiger partial charge in [0.25, 0.3) is 5.24 Å². The normalized spacial score (nSPS) is 10.8. The van der Waals surface area contributed by atoms with Gasteiger partial charge in [-0.2, -0.15) is 0 Å². The summed E-state index contributed by atoms with van der Waals surface area (Å²) in [5.41, 5.74) is -6.11. The molecule has 694 valence electrons. The Kier molecular flexibility index (Phi) is 41.1. The summed E-state index contributed by atoms with van der Waals surface area (Å²) in [7, 11) is 0. The Morgan fingerprint density at radius 2 is 0.689 bits per heavy atom. The SMILES string of the molecule is CCOC(=O)C(C=Nc1ccc(F)cc1F)=C(O)c1cc(F)c(Cl)nc1Cl.CCOC(=O)CC(=O)c1cc(F)c(Cl)nc1Cl.CCOC(=O)c1cc(F)c(Cl)nc1Cl.CCOC(=O)c1cn(-c2ccc(F)cc2F)c2nc(Cl)c(F)cc2c1=O.O=C(Cl)c1cc(F)c(Cl)nc1Cl.O=C(O)c1cc(F)c(Cl)nc1Cl.O=C(O)c1cn(-c2ccc(F)cc2F)c2nc(Cl)c(F)cc2c1=O. The van der Waals surface area contributed by atoms with Crippen LogP contribution in [-0.4, -0.2) is 139 Å². The van der Waals surface area contributed by atoms with Gasteiger partial charge in [-0.05, 0) is 118 Å². The lowest BCUT2D eigenvalue weighted by Gasteiger charge is -2.13. The number of esters is 4. The standard InChI is InChI=1S/C17H11Cl2F3N2O3.C17H10ClF3N2O3.C15H6ClF3N2O3.C10H8Cl2FNO3.C8H6Cl2FNO2.C6HCl3FNO.C6H2Cl2FNO2/c1-2-27-17(26)10(7-23-13-4-3-8(20)5-11(13)21)14(25)9-6-12(22)16(19)24-15(9)18;1-2-26-17(25)10-7-23(13-4-3-8(19)5-11(13)20)16-9(14(10)24)6-12(21)15(18)22-16;16-13-10(19)4-7-12(22)8(15(23)24)5-21(14(7)20-13)11-2-1-6(17)3-9(11)18;1-2-17-8(16)4-7(15)5-3-6(13)10(12)14-9(5)11;1-2-14-8(13)4-3-5(11)7(10)12-6(4)9;7-4-2(6(9)12)1-3(10)5(8)11-4;7-4-2(6(11)12)1-3(9)5(8)10-4/h3-7,25H,2H2,1H3;3-7H,2H2,1H3;1-5H,(H,23,24);3H,2,4H2,1H3;3H,2H2,1H3;1H;1H,(H,11,12). The maximum absolute atomic E-state index is 14.2. The zero-order chi connectivity index (χ0) is 99.1. The van der Waals surface area contributed by atoms with E-state index in [0.29, 0.717) is 18.2 Å². The van der Waals surface area contributed by atoms with E-state index >= 15 is 0 Å². The van der Waals surface area contributed by atoms with E-state index in [1.54, 1.807) is 13.8 Å². The Labute approximate surface area is 794 Å². The van der Waals surface area contributed by atoms with Gasteiger partial charge in [0.05, 0.1) is 82.1 Å². The van der Waals surface area contributed by atoms with E-state index < -0.39 is 199 Å². The van der Waals surface area contributed by atoms with Crippen molar-refractivity contribution in [3.8, 4) is 11.4 Å². The Morgan fingerprint density at radius 1 is 0.364 bits per heavy atom. The molecule has 9 aromatic heterocycles. The van der Waals surface area contributed by atoms with Crippen molar-refractivity contribution in [3.63, 3.8) is 0 Å². The highest BCUT2D eigenvalue weighted by Gasteiger charge is 2.27. The number of aromatic carboxylic acids is 2. The second-order valence-electron chi connectivity index (χ2n) is 24.0. The van der Waals surface area contributed by atoms with Crippen LogP contribution in [-0.2, 0) is 28.5 Å². The van der Waals surface area contributed by atoms with Gasteiger partial charge in [-0.15, -0.1) is 0 Å². The van der Waals surface area contributed by atoms with E-state index in [9.17, 15) is 110 Å². The molecule has 9 heterocycles. The number of Topliss-reactive ketones (excluding diaryl/α,β-unsaturated/α-hetero) is 1. The van der Waals surface area contributed by atoms with Crippen LogP contribution in [0.3, 0.4) is 0 Å². The maximum Gasteiger partial charge on any atom is 0.343 e. The fourth-order valence-corrected chi connectivity index (χ4v) is 12.1. The third kappa shape index (κ3) is 29.2. The molecule has 12 aromatic rings. The molecule has 0 atom stereocenters. The van der Waals surface area contributed by atoms with Crippen molar-refractivity contribution in [3.05, 3.63) is 312 Å². The molecule has 0 amide bonds. The van der Waals surface area contributed by atoms with Crippen molar-refractivity contribution < 1.29 is 130 Å². The fourth-order valence-electron chi connectivity index (χ4n) is 9.58. The third-order valence-corrected chi connectivity index (χ3v) is 18.9. The zero-order valence-electron chi connectivity index (χ0n) is 65.4. The van der Waals surface area contributed by atoms with Gasteiger partial charge in [0.1, 0.15) is 83.7 Å². The van der Waals surface area contributed by atoms with Crippen molar-refractivity contribution in [2.45, 2.75) is 34.1 Å². The number of carboxylic acid groups (broad SMARTS) is 2. The van der Waals surface area contributed by atoms with E-state index in [2.05, 4.69) is 49.4 Å². The molecule has 27 nitrogen and oxygen atoms in total. The van der Waals surface area contributed by atoms with Gasteiger partial charge in [-0.1, -0.05) is 139 Å². The van der Waals surface area contributed by atoms with Crippen molar-refractivity contribution in [2.75, 3.05) is 26.4 Å². The molecule has 3 N–H and O–H groups in total. The van der Waals surface area contributed by atoms with Gasteiger partial charge in [0, 0.05) is 36.8 Å². The van der Waals surface area contributed by atoms with Gasteiger partial charge in [-0.3, -0.25) is 38.1 Å². The van der Waals surface area contributed by atoms with E-state index in [-0.39, 0.29) is 118 Å². The molecule has 0 saturated heterocycles. The fraction of sp³-hybridized carbons (Fsp3) is 0.114. The topological polar surface area (TPSA) is 381 Å². The molecule has 53 heteroatoms. The van der Waals surface area contributed by atoms with E-state index in [1.807, 2.05) is 0 Å². The molecule has 0 bridgehead atoms. The average Bonchev–Trinajstić information content (AvgIpc) is 0.756. The molecule has 132 heavy (non-hydrogen) atoms. The molecule has 0 spiro atoms. The zero-order valence-corrected chi connectivity index (χ0v) is 75.2. The summed E-state index contributed by atoms with van der Waals surface area (Å²) < 4.78 is 194. The minimum absolute atomic E-state index is 0.00551. The number of carbonyl (C=O) groups excluding carboxylic acids is 6. The van der Waals surface area contributed by atoms with Gasteiger partial charge in [0.2, 0.25) is 10.9 Å². The van der Waals surface area contributed by atoms with Crippen LogP contribution in [0.2, 0.25) is 61.8 Å². The largest absolute Gasteiger partial charge is 0.506 e. The molecule has 0 radical (unpaired) electrons. The Bertz CT molecular complexity index is 6690.